The van der Waals surface area contributed by atoms with Crippen LogP contribution in [-0.4, -0.2) is 24.6 Å². The highest BCUT2D eigenvalue weighted by molar-refractivity contribution is 5.81. The standard InChI is InChI=1S/C21H28N2O2/c1-21(2,3)23-20(24)16-22-18-13-7-8-14-19(18)25-15-9-12-17-10-5-4-6-11-17/h4-8,10-11,13-14,22H,9,12,15-16H2,1-3H3,(H,23,24). The SMILES string of the molecule is CC(C)(C)NC(=O)CNc1ccccc1OCCCc1ccccc1. The van der Waals surface area contributed by atoms with Gasteiger partial charge in [-0.1, -0.05) is 42.5 Å². The van der Waals surface area contributed by atoms with Gasteiger partial charge in [-0.25, -0.2) is 0 Å². The number of benzene rings is 2. The predicted molar refractivity (Wildman–Crippen MR) is 103 cm³/mol. The van der Waals surface area contributed by atoms with E-state index in [1.54, 1.807) is 0 Å². The third kappa shape index (κ3) is 7.29. The molecule has 0 bridgehead atoms. The molecule has 25 heavy (non-hydrogen) atoms. The summed E-state index contributed by atoms with van der Waals surface area (Å²) in [6.07, 6.45) is 1.94. The van der Waals surface area contributed by atoms with Gasteiger partial charge in [-0.05, 0) is 51.3 Å². The minimum Gasteiger partial charge on any atom is -0.491 e. The van der Waals surface area contributed by atoms with Crippen molar-refractivity contribution in [1.82, 2.24) is 5.32 Å². The Morgan fingerprint density at radius 3 is 2.40 bits per heavy atom. The highest BCUT2D eigenvalue weighted by Gasteiger charge is 2.13. The fraction of sp³-hybridized carbons (Fsp3) is 0.381. The van der Waals surface area contributed by atoms with Crippen LogP contribution in [0, 0.1) is 0 Å². The molecule has 0 saturated heterocycles. The number of carbonyl (C=O) groups is 1. The molecule has 0 aromatic heterocycles. The molecule has 0 radical (unpaired) electrons. The molecule has 4 nitrogen and oxygen atoms in total. The van der Waals surface area contributed by atoms with Crippen LogP contribution in [0.4, 0.5) is 5.69 Å². The third-order valence-electron chi connectivity index (χ3n) is 3.55. The summed E-state index contributed by atoms with van der Waals surface area (Å²) in [5.41, 5.74) is 1.93. The maximum Gasteiger partial charge on any atom is 0.239 e. The lowest BCUT2D eigenvalue weighted by atomic mass is 10.1. The number of aryl methyl sites for hydroxylation is 1. The van der Waals surface area contributed by atoms with Gasteiger partial charge >= 0.3 is 0 Å². The van der Waals surface area contributed by atoms with Crippen molar-refractivity contribution in [2.75, 3.05) is 18.5 Å². The largest absolute Gasteiger partial charge is 0.491 e. The number of para-hydroxylation sites is 2. The molecule has 0 atom stereocenters. The Kier molecular flexibility index (Phi) is 6.87. The van der Waals surface area contributed by atoms with Crippen LogP contribution in [0.1, 0.15) is 32.8 Å². The molecular weight excluding hydrogens is 312 g/mol. The minimum absolute atomic E-state index is 0.0358. The summed E-state index contributed by atoms with van der Waals surface area (Å²) in [5.74, 6) is 0.741. The second-order valence-electron chi connectivity index (χ2n) is 7.09. The highest BCUT2D eigenvalue weighted by atomic mass is 16.5. The number of hydrogen-bond donors (Lipinski definition) is 2. The fourth-order valence-corrected chi connectivity index (χ4v) is 2.48. The van der Waals surface area contributed by atoms with E-state index >= 15 is 0 Å². The maximum atomic E-state index is 11.9. The van der Waals surface area contributed by atoms with Crippen LogP contribution in [0.3, 0.4) is 0 Å². The molecule has 0 aliphatic heterocycles. The smallest absolute Gasteiger partial charge is 0.239 e. The first-order valence-electron chi connectivity index (χ1n) is 8.75. The molecule has 0 aliphatic carbocycles. The summed E-state index contributed by atoms with van der Waals surface area (Å²) >= 11 is 0. The Balaban J connectivity index is 1.80. The van der Waals surface area contributed by atoms with E-state index in [2.05, 4.69) is 34.9 Å². The number of hydrogen-bond acceptors (Lipinski definition) is 3. The van der Waals surface area contributed by atoms with Gasteiger partial charge in [0.05, 0.1) is 18.8 Å². The average molecular weight is 340 g/mol. The number of nitrogens with one attached hydrogen (secondary N) is 2. The summed E-state index contributed by atoms with van der Waals surface area (Å²) in [5, 5.41) is 6.09. The third-order valence-corrected chi connectivity index (χ3v) is 3.55. The van der Waals surface area contributed by atoms with E-state index in [1.807, 2.05) is 51.1 Å². The topological polar surface area (TPSA) is 50.4 Å². The van der Waals surface area contributed by atoms with Crippen molar-refractivity contribution in [3.63, 3.8) is 0 Å². The Hall–Kier alpha value is -2.49. The second-order valence-corrected chi connectivity index (χ2v) is 7.09. The van der Waals surface area contributed by atoms with Gasteiger partial charge in [-0.15, -0.1) is 0 Å². The monoisotopic (exact) mass is 340 g/mol. The van der Waals surface area contributed by atoms with E-state index in [0.29, 0.717) is 6.61 Å². The first-order chi connectivity index (χ1) is 11.9. The van der Waals surface area contributed by atoms with Crippen LogP contribution in [0.5, 0.6) is 5.75 Å². The zero-order valence-electron chi connectivity index (χ0n) is 15.3. The Bertz CT molecular complexity index is 663. The van der Waals surface area contributed by atoms with Crippen molar-refractivity contribution in [2.24, 2.45) is 0 Å². The average Bonchev–Trinajstić information content (AvgIpc) is 2.57. The molecule has 0 unspecified atom stereocenters. The Morgan fingerprint density at radius 2 is 1.68 bits per heavy atom. The molecule has 0 fully saturated rings. The zero-order chi connectivity index (χ0) is 18.1. The Labute approximate surface area is 150 Å². The van der Waals surface area contributed by atoms with Crippen molar-refractivity contribution >= 4 is 11.6 Å². The van der Waals surface area contributed by atoms with Gasteiger partial charge < -0.3 is 15.4 Å². The lowest BCUT2D eigenvalue weighted by molar-refractivity contribution is -0.120. The highest BCUT2D eigenvalue weighted by Crippen LogP contribution is 2.23. The fourth-order valence-electron chi connectivity index (χ4n) is 2.48. The molecule has 2 aromatic rings. The summed E-state index contributed by atoms with van der Waals surface area (Å²) in [4.78, 5) is 11.9. The van der Waals surface area contributed by atoms with Crippen LogP contribution < -0.4 is 15.4 Å². The van der Waals surface area contributed by atoms with Crippen LogP contribution in [-0.2, 0) is 11.2 Å². The summed E-state index contributed by atoms with van der Waals surface area (Å²) in [6, 6.07) is 18.1. The van der Waals surface area contributed by atoms with Gasteiger partial charge in [-0.2, -0.15) is 0 Å². The number of carbonyl (C=O) groups excluding carboxylic acids is 1. The second kappa shape index (κ2) is 9.11. The van der Waals surface area contributed by atoms with Gasteiger partial charge in [0.15, 0.2) is 0 Å². The summed E-state index contributed by atoms with van der Waals surface area (Å²) in [6.45, 7) is 6.77. The van der Waals surface area contributed by atoms with Crippen LogP contribution in [0.25, 0.3) is 0 Å². The summed E-state index contributed by atoms with van der Waals surface area (Å²) in [7, 11) is 0. The van der Waals surface area contributed by atoms with Crippen LogP contribution in [0.2, 0.25) is 0 Å². The minimum atomic E-state index is -0.230. The molecule has 0 aliphatic rings. The molecule has 2 N–H and O–H groups in total. The van der Waals surface area contributed by atoms with Crippen molar-refractivity contribution in [2.45, 2.75) is 39.2 Å². The summed E-state index contributed by atoms with van der Waals surface area (Å²) < 4.78 is 5.90. The lowest BCUT2D eigenvalue weighted by Gasteiger charge is -2.21. The number of anilines is 1. The molecule has 0 spiro atoms. The predicted octanol–water partition coefficient (Wildman–Crippen LogP) is 4.02. The van der Waals surface area contributed by atoms with Crippen LogP contribution >= 0.6 is 0 Å². The number of amides is 1. The van der Waals surface area contributed by atoms with Crippen molar-refractivity contribution < 1.29 is 9.53 Å². The normalized spacial score (nSPS) is 11.0. The van der Waals surface area contributed by atoms with Crippen molar-refractivity contribution in [3.05, 3.63) is 60.2 Å². The van der Waals surface area contributed by atoms with E-state index in [-0.39, 0.29) is 18.0 Å². The van der Waals surface area contributed by atoms with E-state index in [0.717, 1.165) is 24.3 Å². The molecule has 2 aromatic carbocycles. The van der Waals surface area contributed by atoms with Crippen LogP contribution in [0.15, 0.2) is 54.6 Å². The van der Waals surface area contributed by atoms with Gasteiger partial charge in [0.2, 0.25) is 5.91 Å². The van der Waals surface area contributed by atoms with E-state index in [4.69, 9.17) is 4.74 Å². The number of ether oxygens (including phenoxy) is 1. The molecule has 2 rings (SSSR count). The molecule has 4 heteroatoms. The zero-order valence-corrected chi connectivity index (χ0v) is 15.3. The molecular formula is C21H28N2O2. The van der Waals surface area contributed by atoms with E-state index in [9.17, 15) is 4.79 Å². The van der Waals surface area contributed by atoms with Gasteiger partial charge in [0.25, 0.3) is 0 Å². The molecule has 0 heterocycles. The van der Waals surface area contributed by atoms with Gasteiger partial charge in [0, 0.05) is 5.54 Å². The maximum absolute atomic E-state index is 11.9. The molecule has 0 saturated carbocycles. The van der Waals surface area contributed by atoms with Gasteiger partial charge in [-0.3, -0.25) is 4.79 Å². The molecule has 1 amide bonds. The molecule has 134 valence electrons. The first-order valence-corrected chi connectivity index (χ1v) is 8.75. The number of rotatable bonds is 8. The van der Waals surface area contributed by atoms with Crippen molar-refractivity contribution in [1.29, 1.82) is 0 Å². The quantitative estimate of drug-likeness (QED) is 0.714. The van der Waals surface area contributed by atoms with E-state index in [1.165, 1.54) is 5.56 Å². The lowest BCUT2D eigenvalue weighted by Crippen LogP contribution is -2.43. The Morgan fingerprint density at radius 1 is 1.00 bits per heavy atom. The van der Waals surface area contributed by atoms with Crippen molar-refractivity contribution in [3.8, 4) is 5.75 Å². The van der Waals surface area contributed by atoms with Gasteiger partial charge in [0.1, 0.15) is 5.75 Å². The first kappa shape index (κ1) is 18.8. The van der Waals surface area contributed by atoms with E-state index < -0.39 is 0 Å².